The molecule has 11 N–H and O–H groups in total. The molecule has 0 radical (unpaired) electrons. The molecule has 1 aromatic rings. The molecule has 0 unspecified atom stereocenters. The molecule has 3 atom stereocenters. The van der Waals surface area contributed by atoms with E-state index in [2.05, 4.69) is 16.0 Å². The second kappa shape index (κ2) is 14.8. The molecule has 0 fully saturated rings. The van der Waals surface area contributed by atoms with Crippen LogP contribution in [0.5, 0.6) is 0 Å². The first kappa shape index (κ1) is 26.9. The van der Waals surface area contributed by atoms with Crippen molar-refractivity contribution in [1.82, 2.24) is 16.0 Å². The molecule has 178 valence electrons. The van der Waals surface area contributed by atoms with E-state index in [-0.39, 0.29) is 18.8 Å². The van der Waals surface area contributed by atoms with Crippen molar-refractivity contribution in [3.05, 3.63) is 35.9 Å². The number of unbranched alkanes of at least 4 members (excludes halogenated alkanes) is 1. The van der Waals surface area contributed by atoms with E-state index in [9.17, 15) is 19.5 Å². The Morgan fingerprint density at radius 3 is 2.22 bits per heavy atom. The predicted octanol–water partition coefficient (Wildman–Crippen LogP) is -0.997. The van der Waals surface area contributed by atoms with E-state index in [4.69, 9.17) is 22.6 Å². The van der Waals surface area contributed by atoms with Crippen molar-refractivity contribution in [2.45, 2.75) is 56.7 Å². The number of hydrogen-bond donors (Lipinski definition) is 8. The predicted molar refractivity (Wildman–Crippen MR) is 122 cm³/mol. The molecule has 1 rings (SSSR count). The lowest BCUT2D eigenvalue weighted by molar-refractivity contribution is -0.142. The molecule has 32 heavy (non-hydrogen) atoms. The Bertz CT molecular complexity index is 745. The molecule has 0 bridgehead atoms. The van der Waals surface area contributed by atoms with Gasteiger partial charge in [-0.2, -0.15) is 0 Å². The van der Waals surface area contributed by atoms with E-state index < -0.39 is 35.9 Å². The number of carbonyl (C=O) groups is 3. The largest absolute Gasteiger partial charge is 0.480 e. The number of nitrogens with two attached hydrogens (primary N) is 3. The van der Waals surface area contributed by atoms with Crippen LogP contribution in [0.4, 0.5) is 0 Å². The SMILES string of the molecule is N=C(N)NCCC[C@@H](N)C(=O)N[C@@H](Cc1ccccc1)C(=O)N[C@@H](CCCCN)C(=O)O. The molecule has 0 saturated carbocycles. The Labute approximate surface area is 188 Å². The molecule has 0 aliphatic carbocycles. The van der Waals surface area contributed by atoms with Crippen molar-refractivity contribution in [3.8, 4) is 0 Å². The minimum Gasteiger partial charge on any atom is -0.480 e. The van der Waals surface area contributed by atoms with Crippen LogP contribution >= 0.6 is 0 Å². The molecular weight excluding hydrogens is 414 g/mol. The summed E-state index contributed by atoms with van der Waals surface area (Å²) in [5, 5.41) is 24.4. The molecule has 1 aromatic carbocycles. The lowest BCUT2D eigenvalue weighted by atomic mass is 10.0. The minimum absolute atomic E-state index is 0.165. The van der Waals surface area contributed by atoms with Crippen molar-refractivity contribution in [1.29, 1.82) is 5.41 Å². The number of benzene rings is 1. The maximum Gasteiger partial charge on any atom is 0.326 e. The lowest BCUT2D eigenvalue weighted by Gasteiger charge is -2.23. The van der Waals surface area contributed by atoms with Gasteiger partial charge in [-0.3, -0.25) is 15.0 Å². The van der Waals surface area contributed by atoms with E-state index in [0.717, 1.165) is 5.56 Å². The van der Waals surface area contributed by atoms with Crippen LogP contribution in [-0.2, 0) is 20.8 Å². The Kier molecular flexibility index (Phi) is 12.4. The molecule has 0 saturated heterocycles. The van der Waals surface area contributed by atoms with Crippen molar-refractivity contribution >= 4 is 23.7 Å². The van der Waals surface area contributed by atoms with Crippen LogP contribution in [0.3, 0.4) is 0 Å². The highest BCUT2D eigenvalue weighted by Gasteiger charge is 2.28. The minimum atomic E-state index is -1.14. The van der Waals surface area contributed by atoms with Crippen LogP contribution in [0.1, 0.15) is 37.7 Å². The molecular formula is C21H35N7O4. The van der Waals surface area contributed by atoms with Crippen LogP contribution in [0.2, 0.25) is 0 Å². The number of amides is 2. The third kappa shape index (κ3) is 10.7. The number of nitrogens with one attached hydrogen (secondary N) is 4. The van der Waals surface area contributed by atoms with Gasteiger partial charge >= 0.3 is 5.97 Å². The Hall–Kier alpha value is -3.18. The fraction of sp³-hybridized carbons (Fsp3) is 0.524. The van der Waals surface area contributed by atoms with Crippen LogP contribution in [0, 0.1) is 5.41 Å². The zero-order valence-electron chi connectivity index (χ0n) is 18.2. The number of guanidine groups is 1. The van der Waals surface area contributed by atoms with Crippen LogP contribution in [-0.4, -0.2) is 60.1 Å². The summed E-state index contributed by atoms with van der Waals surface area (Å²) in [5.41, 5.74) is 17.4. The highest BCUT2D eigenvalue weighted by Crippen LogP contribution is 2.07. The summed E-state index contributed by atoms with van der Waals surface area (Å²) in [6.07, 6.45) is 2.47. The van der Waals surface area contributed by atoms with Crippen LogP contribution in [0.25, 0.3) is 0 Å². The van der Waals surface area contributed by atoms with Gasteiger partial charge in [0.2, 0.25) is 11.8 Å². The van der Waals surface area contributed by atoms with Gasteiger partial charge in [0.15, 0.2) is 5.96 Å². The van der Waals surface area contributed by atoms with E-state index in [0.29, 0.717) is 38.8 Å². The molecule has 0 aliphatic rings. The lowest BCUT2D eigenvalue weighted by Crippen LogP contribution is -2.55. The van der Waals surface area contributed by atoms with Crippen LogP contribution in [0.15, 0.2) is 30.3 Å². The van der Waals surface area contributed by atoms with E-state index in [1.165, 1.54) is 0 Å². The first-order chi connectivity index (χ1) is 15.2. The number of hydrogen-bond acceptors (Lipinski definition) is 6. The van der Waals surface area contributed by atoms with Crippen molar-refractivity contribution in [2.75, 3.05) is 13.1 Å². The van der Waals surface area contributed by atoms with Crippen LogP contribution < -0.4 is 33.2 Å². The van der Waals surface area contributed by atoms with Gasteiger partial charge in [-0.1, -0.05) is 30.3 Å². The maximum absolute atomic E-state index is 12.9. The van der Waals surface area contributed by atoms with Gasteiger partial charge in [0.25, 0.3) is 0 Å². The van der Waals surface area contributed by atoms with Gasteiger partial charge in [-0.15, -0.1) is 0 Å². The van der Waals surface area contributed by atoms with E-state index in [1.807, 2.05) is 30.3 Å². The summed E-state index contributed by atoms with van der Waals surface area (Å²) in [6.45, 7) is 0.833. The Morgan fingerprint density at radius 1 is 0.969 bits per heavy atom. The number of carbonyl (C=O) groups excluding carboxylic acids is 2. The van der Waals surface area contributed by atoms with Gasteiger partial charge in [0, 0.05) is 13.0 Å². The molecule has 11 heteroatoms. The zero-order chi connectivity index (χ0) is 23.9. The number of aliphatic carboxylic acids is 1. The summed E-state index contributed by atoms with van der Waals surface area (Å²) < 4.78 is 0. The quantitative estimate of drug-likeness (QED) is 0.0943. The summed E-state index contributed by atoms with van der Waals surface area (Å²) >= 11 is 0. The van der Waals surface area contributed by atoms with Crippen molar-refractivity contribution in [2.24, 2.45) is 17.2 Å². The number of carboxylic acid groups (broad SMARTS) is 1. The second-order valence-corrected chi connectivity index (χ2v) is 7.52. The second-order valence-electron chi connectivity index (χ2n) is 7.52. The van der Waals surface area contributed by atoms with Gasteiger partial charge < -0.3 is 38.3 Å². The molecule has 0 aromatic heterocycles. The molecule has 0 aliphatic heterocycles. The third-order valence-electron chi connectivity index (χ3n) is 4.82. The molecule has 2 amide bonds. The summed E-state index contributed by atoms with van der Waals surface area (Å²) in [7, 11) is 0. The van der Waals surface area contributed by atoms with Crippen molar-refractivity contribution < 1.29 is 19.5 Å². The Balaban J connectivity index is 2.80. The summed E-state index contributed by atoms with van der Waals surface area (Å²) in [6, 6.07) is 6.17. The highest BCUT2D eigenvalue weighted by molar-refractivity contribution is 5.92. The first-order valence-electron chi connectivity index (χ1n) is 10.7. The fourth-order valence-corrected chi connectivity index (χ4v) is 3.04. The van der Waals surface area contributed by atoms with Crippen molar-refractivity contribution in [3.63, 3.8) is 0 Å². The standard InChI is InChI=1S/C21H35N7O4/c22-11-5-4-10-16(20(31)32)27-19(30)17(13-14-7-2-1-3-8-14)28-18(29)15(23)9-6-12-26-21(24)25/h1-3,7-8,15-17H,4-6,9-13,22-23H2,(H,27,30)(H,28,29)(H,31,32)(H4,24,25,26)/t15-,16+,17+/m1/s1. The normalized spacial score (nSPS) is 13.4. The van der Waals surface area contributed by atoms with Gasteiger partial charge in [-0.25, -0.2) is 4.79 Å². The van der Waals surface area contributed by atoms with E-state index >= 15 is 0 Å². The Morgan fingerprint density at radius 2 is 1.62 bits per heavy atom. The van der Waals surface area contributed by atoms with Gasteiger partial charge in [0.05, 0.1) is 6.04 Å². The molecule has 0 spiro atoms. The topological polar surface area (TPSA) is 209 Å². The fourth-order valence-electron chi connectivity index (χ4n) is 3.04. The van der Waals surface area contributed by atoms with Gasteiger partial charge in [0.1, 0.15) is 12.1 Å². The number of carboxylic acids is 1. The number of rotatable bonds is 15. The maximum atomic E-state index is 12.9. The third-order valence-corrected chi connectivity index (χ3v) is 4.82. The molecule has 0 heterocycles. The average molecular weight is 450 g/mol. The van der Waals surface area contributed by atoms with E-state index in [1.54, 1.807) is 0 Å². The monoisotopic (exact) mass is 449 g/mol. The first-order valence-corrected chi connectivity index (χ1v) is 10.7. The zero-order valence-corrected chi connectivity index (χ0v) is 18.2. The summed E-state index contributed by atoms with van der Waals surface area (Å²) in [4.78, 5) is 37.0. The molecule has 11 nitrogen and oxygen atoms in total. The summed E-state index contributed by atoms with van der Waals surface area (Å²) in [5.74, 6) is -2.41. The highest BCUT2D eigenvalue weighted by atomic mass is 16.4. The smallest absolute Gasteiger partial charge is 0.326 e. The van der Waals surface area contributed by atoms with Gasteiger partial charge in [-0.05, 0) is 44.2 Å². The average Bonchev–Trinajstić information content (AvgIpc) is 2.75.